The molecule has 0 fully saturated rings. The second-order valence-corrected chi connectivity index (χ2v) is 4.88. The Kier molecular flexibility index (Phi) is 4.53. The van der Waals surface area contributed by atoms with Gasteiger partial charge in [0.2, 0.25) is 0 Å². The standard InChI is InChI=1S/C15H15ClFNO/c16-12-7-6-11(9-13(12)17)15(19)14(18)8-10-4-2-1-3-5-10/h1-7,9,14-15,19H,8,18H2. The molecule has 2 rings (SSSR count). The van der Waals surface area contributed by atoms with Crippen molar-refractivity contribution in [3.63, 3.8) is 0 Å². The molecule has 0 saturated heterocycles. The van der Waals surface area contributed by atoms with E-state index in [4.69, 9.17) is 17.3 Å². The first-order chi connectivity index (χ1) is 9.08. The number of halogens is 2. The van der Waals surface area contributed by atoms with Gasteiger partial charge in [0.15, 0.2) is 0 Å². The summed E-state index contributed by atoms with van der Waals surface area (Å²) in [6, 6.07) is 13.4. The van der Waals surface area contributed by atoms with E-state index < -0.39 is 18.0 Å². The molecule has 0 spiro atoms. The van der Waals surface area contributed by atoms with E-state index >= 15 is 0 Å². The van der Waals surface area contributed by atoms with Gasteiger partial charge in [0.1, 0.15) is 5.82 Å². The van der Waals surface area contributed by atoms with E-state index in [-0.39, 0.29) is 5.02 Å². The third kappa shape index (κ3) is 3.53. The van der Waals surface area contributed by atoms with Crippen LogP contribution in [0.4, 0.5) is 4.39 Å². The average Bonchev–Trinajstić information content (AvgIpc) is 2.42. The first-order valence-corrected chi connectivity index (χ1v) is 6.38. The quantitative estimate of drug-likeness (QED) is 0.903. The molecule has 2 unspecified atom stereocenters. The van der Waals surface area contributed by atoms with Crippen LogP contribution in [0.15, 0.2) is 48.5 Å². The predicted octanol–water partition coefficient (Wildman–Crippen LogP) is 3.08. The molecule has 0 aliphatic heterocycles. The fourth-order valence-corrected chi connectivity index (χ4v) is 2.06. The van der Waals surface area contributed by atoms with Crippen molar-refractivity contribution >= 4 is 11.6 Å². The molecular formula is C15H15ClFNO. The van der Waals surface area contributed by atoms with Gasteiger partial charge in [-0.3, -0.25) is 0 Å². The lowest BCUT2D eigenvalue weighted by Gasteiger charge is -2.19. The van der Waals surface area contributed by atoms with Gasteiger partial charge in [-0.15, -0.1) is 0 Å². The summed E-state index contributed by atoms with van der Waals surface area (Å²) in [5.74, 6) is -0.551. The average molecular weight is 280 g/mol. The lowest BCUT2D eigenvalue weighted by Crippen LogP contribution is -2.30. The lowest BCUT2D eigenvalue weighted by atomic mass is 9.97. The Morgan fingerprint density at radius 3 is 2.47 bits per heavy atom. The molecule has 2 aromatic rings. The normalized spacial score (nSPS) is 14.1. The van der Waals surface area contributed by atoms with Gasteiger partial charge in [-0.25, -0.2) is 4.39 Å². The molecule has 100 valence electrons. The van der Waals surface area contributed by atoms with Gasteiger partial charge in [-0.1, -0.05) is 48.0 Å². The first-order valence-electron chi connectivity index (χ1n) is 6.00. The molecule has 0 amide bonds. The molecule has 0 bridgehead atoms. The zero-order valence-electron chi connectivity index (χ0n) is 10.3. The Balaban J connectivity index is 2.10. The zero-order valence-corrected chi connectivity index (χ0v) is 11.0. The molecule has 0 radical (unpaired) electrons. The molecule has 2 nitrogen and oxygen atoms in total. The van der Waals surface area contributed by atoms with Crippen molar-refractivity contribution in [3.8, 4) is 0 Å². The van der Waals surface area contributed by atoms with E-state index in [1.807, 2.05) is 30.3 Å². The minimum Gasteiger partial charge on any atom is -0.387 e. The molecule has 19 heavy (non-hydrogen) atoms. The highest BCUT2D eigenvalue weighted by molar-refractivity contribution is 6.30. The van der Waals surface area contributed by atoms with Crippen molar-refractivity contribution in [2.45, 2.75) is 18.6 Å². The zero-order chi connectivity index (χ0) is 13.8. The van der Waals surface area contributed by atoms with Gasteiger partial charge in [-0.2, -0.15) is 0 Å². The van der Waals surface area contributed by atoms with Gasteiger partial charge in [0.25, 0.3) is 0 Å². The Bertz CT molecular complexity index is 547. The lowest BCUT2D eigenvalue weighted by molar-refractivity contribution is 0.146. The summed E-state index contributed by atoms with van der Waals surface area (Å²) in [6.45, 7) is 0. The molecule has 0 aliphatic carbocycles. The van der Waals surface area contributed by atoms with Crippen LogP contribution in [-0.4, -0.2) is 11.1 Å². The van der Waals surface area contributed by atoms with Crippen LogP contribution in [0.2, 0.25) is 5.02 Å². The first kappa shape index (κ1) is 14.0. The van der Waals surface area contributed by atoms with Crippen molar-refractivity contribution < 1.29 is 9.50 Å². The SMILES string of the molecule is NC(Cc1ccccc1)C(O)c1ccc(Cl)c(F)c1. The van der Waals surface area contributed by atoms with Gasteiger partial charge in [0.05, 0.1) is 11.1 Å². The topological polar surface area (TPSA) is 46.2 Å². The fourth-order valence-electron chi connectivity index (χ4n) is 1.94. The Labute approximate surface area is 116 Å². The molecule has 0 heterocycles. The van der Waals surface area contributed by atoms with E-state index in [0.29, 0.717) is 12.0 Å². The summed E-state index contributed by atoms with van der Waals surface area (Å²) in [5.41, 5.74) is 7.43. The number of hydrogen-bond acceptors (Lipinski definition) is 2. The monoisotopic (exact) mass is 279 g/mol. The van der Waals surface area contributed by atoms with Crippen molar-refractivity contribution in [3.05, 3.63) is 70.5 Å². The Morgan fingerprint density at radius 2 is 1.84 bits per heavy atom. The van der Waals surface area contributed by atoms with Crippen LogP contribution in [0, 0.1) is 5.82 Å². The molecule has 2 aromatic carbocycles. The molecule has 4 heteroatoms. The van der Waals surface area contributed by atoms with E-state index in [9.17, 15) is 9.50 Å². The highest BCUT2D eigenvalue weighted by Gasteiger charge is 2.18. The maximum Gasteiger partial charge on any atom is 0.142 e. The summed E-state index contributed by atoms with van der Waals surface area (Å²) < 4.78 is 13.3. The van der Waals surface area contributed by atoms with Crippen LogP contribution in [0.25, 0.3) is 0 Å². The number of aliphatic hydroxyl groups excluding tert-OH is 1. The van der Waals surface area contributed by atoms with E-state index in [1.165, 1.54) is 12.1 Å². The van der Waals surface area contributed by atoms with Gasteiger partial charge >= 0.3 is 0 Å². The number of benzene rings is 2. The van der Waals surface area contributed by atoms with Crippen LogP contribution in [-0.2, 0) is 6.42 Å². The van der Waals surface area contributed by atoms with E-state index in [2.05, 4.69) is 0 Å². The van der Waals surface area contributed by atoms with Crippen molar-refractivity contribution in [2.75, 3.05) is 0 Å². The van der Waals surface area contributed by atoms with Crippen LogP contribution in [0.1, 0.15) is 17.2 Å². The fraction of sp³-hybridized carbons (Fsp3) is 0.200. The van der Waals surface area contributed by atoms with E-state index in [1.54, 1.807) is 6.07 Å². The molecule has 0 aliphatic rings. The minimum atomic E-state index is -0.924. The summed E-state index contributed by atoms with van der Waals surface area (Å²) >= 11 is 5.61. The van der Waals surface area contributed by atoms with Crippen LogP contribution in [0.5, 0.6) is 0 Å². The van der Waals surface area contributed by atoms with Crippen molar-refractivity contribution in [1.82, 2.24) is 0 Å². The minimum absolute atomic E-state index is 0.0348. The number of nitrogens with two attached hydrogens (primary N) is 1. The second-order valence-electron chi connectivity index (χ2n) is 4.47. The number of aliphatic hydroxyl groups is 1. The van der Waals surface area contributed by atoms with Gasteiger partial charge in [0, 0.05) is 6.04 Å². The summed E-state index contributed by atoms with van der Waals surface area (Å²) in [6.07, 6.45) is -0.404. The van der Waals surface area contributed by atoms with Crippen LogP contribution in [0.3, 0.4) is 0 Å². The smallest absolute Gasteiger partial charge is 0.142 e. The Morgan fingerprint density at radius 1 is 1.16 bits per heavy atom. The van der Waals surface area contributed by atoms with Gasteiger partial charge in [-0.05, 0) is 29.7 Å². The van der Waals surface area contributed by atoms with Gasteiger partial charge < -0.3 is 10.8 Å². The summed E-state index contributed by atoms with van der Waals surface area (Å²) in [4.78, 5) is 0. The predicted molar refractivity (Wildman–Crippen MR) is 74.5 cm³/mol. The Hall–Kier alpha value is -1.42. The number of rotatable bonds is 4. The molecule has 2 atom stereocenters. The maximum atomic E-state index is 13.3. The van der Waals surface area contributed by atoms with Crippen LogP contribution < -0.4 is 5.73 Å². The highest BCUT2D eigenvalue weighted by Crippen LogP contribution is 2.23. The maximum absolute atomic E-state index is 13.3. The molecule has 0 aromatic heterocycles. The van der Waals surface area contributed by atoms with E-state index in [0.717, 1.165) is 5.56 Å². The molecule has 0 saturated carbocycles. The molecular weight excluding hydrogens is 265 g/mol. The highest BCUT2D eigenvalue weighted by atomic mass is 35.5. The largest absolute Gasteiger partial charge is 0.387 e. The number of hydrogen-bond donors (Lipinski definition) is 2. The third-order valence-corrected chi connectivity index (χ3v) is 3.31. The van der Waals surface area contributed by atoms with Crippen molar-refractivity contribution in [2.24, 2.45) is 5.73 Å². The second kappa shape index (κ2) is 6.15. The molecule has 3 N–H and O–H groups in total. The summed E-state index contributed by atoms with van der Waals surface area (Å²) in [5, 5.41) is 10.2. The van der Waals surface area contributed by atoms with Crippen molar-refractivity contribution in [1.29, 1.82) is 0 Å². The van der Waals surface area contributed by atoms with Crippen LogP contribution >= 0.6 is 11.6 Å². The summed E-state index contributed by atoms with van der Waals surface area (Å²) in [7, 11) is 0. The third-order valence-electron chi connectivity index (χ3n) is 3.00.